The standard InChI is InChI=1S/C21H24N2O4S2/c1-5-12-23-15(3)14(2)19(20(23)22-21(24)18-7-6-13-28-18)29(25,26)17-10-8-16(27-4)9-11-17/h6-11,13H,5,12H2,1-4H3,(H,22,24). The number of amides is 1. The molecule has 0 saturated carbocycles. The van der Waals surface area contributed by atoms with Crippen LogP contribution in [0.15, 0.2) is 51.6 Å². The van der Waals surface area contributed by atoms with Crippen LogP contribution < -0.4 is 10.1 Å². The molecule has 0 radical (unpaired) electrons. The van der Waals surface area contributed by atoms with Gasteiger partial charge in [0.1, 0.15) is 16.5 Å². The largest absolute Gasteiger partial charge is 0.497 e. The van der Waals surface area contributed by atoms with E-state index < -0.39 is 9.84 Å². The molecule has 0 aliphatic carbocycles. The van der Waals surface area contributed by atoms with Gasteiger partial charge in [0.25, 0.3) is 5.91 Å². The fourth-order valence-corrected chi connectivity index (χ4v) is 5.56. The van der Waals surface area contributed by atoms with E-state index in [4.69, 9.17) is 4.74 Å². The SMILES string of the molecule is CCCn1c(C)c(C)c(S(=O)(=O)c2ccc(OC)cc2)c1NC(=O)c1cccs1. The fraction of sp³-hybridized carbons (Fsp3) is 0.286. The quantitative estimate of drug-likeness (QED) is 0.589. The lowest BCUT2D eigenvalue weighted by Gasteiger charge is -2.13. The Hall–Kier alpha value is -2.58. The minimum atomic E-state index is -3.85. The first-order valence-electron chi connectivity index (χ1n) is 9.25. The number of anilines is 1. The number of rotatable bonds is 7. The van der Waals surface area contributed by atoms with E-state index in [2.05, 4.69) is 5.32 Å². The van der Waals surface area contributed by atoms with E-state index in [1.165, 1.54) is 30.6 Å². The van der Waals surface area contributed by atoms with Crippen LogP contribution in [0.25, 0.3) is 0 Å². The van der Waals surface area contributed by atoms with E-state index in [0.717, 1.165) is 12.1 Å². The highest BCUT2D eigenvalue weighted by Crippen LogP contribution is 2.36. The average Bonchev–Trinajstić information content (AvgIpc) is 3.32. The van der Waals surface area contributed by atoms with Gasteiger partial charge in [-0.1, -0.05) is 13.0 Å². The molecule has 0 saturated heterocycles. The van der Waals surface area contributed by atoms with Crippen molar-refractivity contribution in [1.29, 1.82) is 0 Å². The molecule has 2 heterocycles. The van der Waals surface area contributed by atoms with Crippen molar-refractivity contribution in [3.63, 3.8) is 0 Å². The number of nitrogens with one attached hydrogen (secondary N) is 1. The second-order valence-corrected chi connectivity index (χ2v) is 9.48. The van der Waals surface area contributed by atoms with Gasteiger partial charge in [-0.05, 0) is 61.5 Å². The van der Waals surface area contributed by atoms with E-state index in [1.54, 1.807) is 31.2 Å². The van der Waals surface area contributed by atoms with Crippen LogP contribution in [0.5, 0.6) is 5.75 Å². The van der Waals surface area contributed by atoms with Gasteiger partial charge in [-0.25, -0.2) is 8.42 Å². The summed E-state index contributed by atoms with van der Waals surface area (Å²) in [5.41, 5.74) is 1.45. The zero-order valence-corrected chi connectivity index (χ0v) is 18.5. The summed E-state index contributed by atoms with van der Waals surface area (Å²) in [6.07, 6.45) is 0.804. The molecule has 0 spiro atoms. The summed E-state index contributed by atoms with van der Waals surface area (Å²) in [5.74, 6) is 0.573. The zero-order valence-electron chi connectivity index (χ0n) is 16.9. The first-order valence-corrected chi connectivity index (χ1v) is 11.6. The van der Waals surface area contributed by atoms with Crippen LogP contribution >= 0.6 is 11.3 Å². The van der Waals surface area contributed by atoms with Crippen molar-refractivity contribution < 1.29 is 17.9 Å². The second kappa shape index (κ2) is 8.42. The van der Waals surface area contributed by atoms with Gasteiger partial charge in [-0.15, -0.1) is 11.3 Å². The maximum Gasteiger partial charge on any atom is 0.266 e. The lowest BCUT2D eigenvalue weighted by molar-refractivity contribution is 0.102. The number of nitrogens with zero attached hydrogens (tertiary/aromatic N) is 1. The summed E-state index contributed by atoms with van der Waals surface area (Å²) < 4.78 is 34.0. The summed E-state index contributed by atoms with van der Waals surface area (Å²) in [7, 11) is -2.32. The molecular weight excluding hydrogens is 408 g/mol. The minimum Gasteiger partial charge on any atom is -0.497 e. The number of benzene rings is 1. The van der Waals surface area contributed by atoms with Gasteiger partial charge in [0.2, 0.25) is 9.84 Å². The van der Waals surface area contributed by atoms with Crippen LogP contribution in [0.2, 0.25) is 0 Å². The molecule has 3 aromatic rings. The number of carbonyl (C=O) groups is 1. The smallest absolute Gasteiger partial charge is 0.266 e. The van der Waals surface area contributed by atoms with E-state index in [1.807, 2.05) is 23.8 Å². The van der Waals surface area contributed by atoms with E-state index in [-0.39, 0.29) is 15.7 Å². The number of ether oxygens (including phenoxy) is 1. The third-order valence-corrected chi connectivity index (χ3v) is 7.63. The van der Waals surface area contributed by atoms with Crippen molar-refractivity contribution in [2.75, 3.05) is 12.4 Å². The normalized spacial score (nSPS) is 11.4. The van der Waals surface area contributed by atoms with Crippen LogP contribution in [0.4, 0.5) is 5.82 Å². The Morgan fingerprint density at radius 1 is 1.17 bits per heavy atom. The Morgan fingerprint density at radius 2 is 1.86 bits per heavy atom. The van der Waals surface area contributed by atoms with Crippen molar-refractivity contribution in [2.24, 2.45) is 0 Å². The number of hydrogen-bond donors (Lipinski definition) is 1. The molecule has 1 N–H and O–H groups in total. The van der Waals surface area contributed by atoms with Crippen molar-refractivity contribution in [3.8, 4) is 5.75 Å². The maximum atomic E-state index is 13.5. The molecule has 0 aliphatic rings. The summed E-state index contributed by atoms with van der Waals surface area (Å²) in [5, 5.41) is 4.67. The first kappa shape index (κ1) is 21.1. The van der Waals surface area contributed by atoms with E-state index in [0.29, 0.717) is 28.6 Å². The number of thiophene rings is 1. The van der Waals surface area contributed by atoms with Crippen LogP contribution in [0.3, 0.4) is 0 Å². The molecule has 1 amide bonds. The van der Waals surface area contributed by atoms with Crippen LogP contribution in [-0.2, 0) is 16.4 Å². The van der Waals surface area contributed by atoms with E-state index >= 15 is 0 Å². The molecule has 29 heavy (non-hydrogen) atoms. The molecule has 3 rings (SSSR count). The summed E-state index contributed by atoms with van der Waals surface area (Å²) in [4.78, 5) is 13.5. The lowest BCUT2D eigenvalue weighted by Crippen LogP contribution is -2.17. The molecule has 6 nitrogen and oxygen atoms in total. The average molecular weight is 433 g/mol. The summed E-state index contributed by atoms with van der Waals surface area (Å²) >= 11 is 1.31. The Kier molecular flexibility index (Phi) is 6.14. The molecule has 1 aromatic carbocycles. The van der Waals surface area contributed by atoms with Crippen LogP contribution in [0.1, 0.15) is 34.3 Å². The molecule has 2 aromatic heterocycles. The van der Waals surface area contributed by atoms with Crippen molar-refractivity contribution in [3.05, 3.63) is 57.9 Å². The van der Waals surface area contributed by atoms with Crippen molar-refractivity contribution >= 4 is 32.9 Å². The third kappa shape index (κ3) is 3.95. The molecule has 0 fully saturated rings. The molecule has 154 valence electrons. The molecule has 0 atom stereocenters. The predicted molar refractivity (Wildman–Crippen MR) is 115 cm³/mol. The number of methoxy groups -OCH3 is 1. The number of aromatic nitrogens is 1. The van der Waals surface area contributed by atoms with Gasteiger partial charge in [-0.2, -0.15) is 0 Å². The second-order valence-electron chi connectivity index (χ2n) is 6.65. The highest BCUT2D eigenvalue weighted by atomic mass is 32.2. The minimum absolute atomic E-state index is 0.138. The molecule has 0 bridgehead atoms. The third-order valence-electron chi connectivity index (χ3n) is 4.84. The Morgan fingerprint density at radius 3 is 2.41 bits per heavy atom. The lowest BCUT2D eigenvalue weighted by atomic mass is 10.3. The predicted octanol–water partition coefficient (Wildman–Crippen LogP) is 4.67. The molecule has 8 heteroatoms. The molecular formula is C21H24N2O4S2. The van der Waals surface area contributed by atoms with E-state index in [9.17, 15) is 13.2 Å². The summed E-state index contributed by atoms with van der Waals surface area (Å²) in [6.45, 7) is 6.26. The molecule has 0 unspecified atom stereocenters. The van der Waals surface area contributed by atoms with Crippen molar-refractivity contribution in [2.45, 2.75) is 43.5 Å². The Balaban J connectivity index is 2.16. The van der Waals surface area contributed by atoms with Gasteiger partial charge in [0.15, 0.2) is 0 Å². The number of hydrogen-bond acceptors (Lipinski definition) is 5. The zero-order chi connectivity index (χ0) is 21.2. The summed E-state index contributed by atoms with van der Waals surface area (Å²) in [6, 6.07) is 9.76. The fourth-order valence-electron chi connectivity index (χ4n) is 3.24. The van der Waals surface area contributed by atoms with Crippen LogP contribution in [-0.4, -0.2) is 26.0 Å². The van der Waals surface area contributed by atoms with Crippen molar-refractivity contribution in [1.82, 2.24) is 4.57 Å². The van der Waals surface area contributed by atoms with Gasteiger partial charge in [-0.3, -0.25) is 4.79 Å². The first-order chi connectivity index (χ1) is 13.8. The Bertz CT molecular complexity index is 1110. The highest BCUT2D eigenvalue weighted by Gasteiger charge is 2.30. The van der Waals surface area contributed by atoms with Gasteiger partial charge >= 0.3 is 0 Å². The topological polar surface area (TPSA) is 77.4 Å². The van der Waals surface area contributed by atoms with Crippen LogP contribution in [0, 0.1) is 13.8 Å². The monoisotopic (exact) mass is 432 g/mol. The highest BCUT2D eigenvalue weighted by molar-refractivity contribution is 7.91. The van der Waals surface area contributed by atoms with Gasteiger partial charge < -0.3 is 14.6 Å². The number of sulfone groups is 1. The maximum absolute atomic E-state index is 13.5. The van der Waals surface area contributed by atoms with Gasteiger partial charge in [0.05, 0.1) is 16.9 Å². The van der Waals surface area contributed by atoms with Gasteiger partial charge in [0, 0.05) is 12.2 Å². The number of carbonyl (C=O) groups excluding carboxylic acids is 1. The Labute approximate surface area is 175 Å². The molecule has 0 aliphatic heterocycles.